The van der Waals surface area contributed by atoms with Crippen LogP contribution in [-0.4, -0.2) is 30.7 Å². The summed E-state index contributed by atoms with van der Waals surface area (Å²) in [6.07, 6.45) is 0. The number of nitrogens with zero attached hydrogens (tertiary/aromatic N) is 4. The molecule has 1 atom stereocenters. The smallest absolute Gasteiger partial charge is 0.295 e. The Kier molecular flexibility index (Phi) is 5.14. The molecule has 3 N–H and O–H groups in total. The Bertz CT molecular complexity index is 992. The zero-order valence-corrected chi connectivity index (χ0v) is 16.1. The third-order valence-electron chi connectivity index (χ3n) is 3.87. The van der Waals surface area contributed by atoms with Crippen molar-refractivity contribution in [2.75, 3.05) is 11.1 Å². The van der Waals surface area contributed by atoms with Crippen LogP contribution in [0.5, 0.6) is 0 Å². The lowest BCUT2D eigenvalue weighted by Gasteiger charge is -2.09. The second kappa shape index (κ2) is 7.34. The van der Waals surface area contributed by atoms with Crippen LogP contribution in [0.1, 0.15) is 12.6 Å². The van der Waals surface area contributed by atoms with Crippen LogP contribution in [0, 0.1) is 6.92 Å². The molecule has 0 unspecified atom stereocenters. The summed E-state index contributed by atoms with van der Waals surface area (Å²) in [7, 11) is 1.78. The Morgan fingerprint density at radius 2 is 2.00 bits per heavy atom. The highest BCUT2D eigenvalue weighted by Crippen LogP contribution is 2.28. The van der Waals surface area contributed by atoms with Crippen molar-refractivity contribution >= 4 is 39.8 Å². The number of benzene rings is 1. The van der Waals surface area contributed by atoms with Crippen molar-refractivity contribution in [3.8, 4) is 5.69 Å². The van der Waals surface area contributed by atoms with E-state index in [1.54, 1.807) is 25.6 Å². The fraction of sp³-hybridized carbons (Fsp3) is 0.250. The van der Waals surface area contributed by atoms with E-state index in [4.69, 9.17) is 5.73 Å². The van der Waals surface area contributed by atoms with Crippen LogP contribution in [0.2, 0.25) is 0 Å². The first-order valence-corrected chi connectivity index (χ1v) is 9.48. The largest absolute Gasteiger partial charge is 0.374 e. The summed E-state index contributed by atoms with van der Waals surface area (Å²) >= 11 is 2.47. The minimum absolute atomic E-state index is 0.269. The van der Waals surface area contributed by atoms with Crippen molar-refractivity contribution in [2.24, 2.45) is 7.05 Å². The van der Waals surface area contributed by atoms with Crippen LogP contribution in [0.4, 0.5) is 10.8 Å². The molecule has 0 aliphatic heterocycles. The molecule has 0 fully saturated rings. The predicted molar refractivity (Wildman–Crippen MR) is 104 cm³/mol. The first kappa shape index (κ1) is 18.2. The van der Waals surface area contributed by atoms with Gasteiger partial charge in [0, 0.05) is 7.05 Å². The molecule has 26 heavy (non-hydrogen) atoms. The molecule has 1 amide bonds. The second-order valence-corrected chi connectivity index (χ2v) is 8.19. The topological polar surface area (TPSA) is 108 Å². The number of rotatable bonds is 5. The quantitative estimate of drug-likeness (QED) is 0.646. The molecule has 0 saturated heterocycles. The molecule has 0 aliphatic rings. The van der Waals surface area contributed by atoms with Gasteiger partial charge < -0.3 is 11.1 Å². The molecule has 0 aliphatic carbocycles. The number of anilines is 2. The fourth-order valence-electron chi connectivity index (χ4n) is 2.41. The lowest BCUT2D eigenvalue weighted by molar-refractivity contribution is -0.115. The third kappa shape index (κ3) is 3.51. The minimum atomic E-state index is -0.452. The number of aromatic nitrogens is 4. The third-order valence-corrected chi connectivity index (χ3v) is 5.81. The van der Waals surface area contributed by atoms with Crippen molar-refractivity contribution in [3.05, 3.63) is 46.4 Å². The van der Waals surface area contributed by atoms with Crippen molar-refractivity contribution in [1.29, 1.82) is 0 Å². The van der Waals surface area contributed by atoms with Gasteiger partial charge >= 0.3 is 0 Å². The van der Waals surface area contributed by atoms with Gasteiger partial charge in [0.05, 0.1) is 16.6 Å². The first-order valence-electron chi connectivity index (χ1n) is 7.79. The van der Waals surface area contributed by atoms with E-state index in [1.807, 2.05) is 30.3 Å². The van der Waals surface area contributed by atoms with E-state index in [2.05, 4.69) is 15.5 Å². The van der Waals surface area contributed by atoms with E-state index in [0.717, 1.165) is 5.69 Å². The van der Waals surface area contributed by atoms with Gasteiger partial charge in [0.1, 0.15) is 5.69 Å². The fourth-order valence-corrected chi connectivity index (χ4v) is 4.19. The van der Waals surface area contributed by atoms with Crippen LogP contribution in [0.3, 0.4) is 0 Å². The Morgan fingerprint density at radius 1 is 1.31 bits per heavy atom. The number of amides is 1. The van der Waals surface area contributed by atoms with Crippen LogP contribution < -0.4 is 16.6 Å². The highest BCUT2D eigenvalue weighted by molar-refractivity contribution is 8.02. The van der Waals surface area contributed by atoms with Gasteiger partial charge in [-0.15, -0.1) is 10.2 Å². The van der Waals surface area contributed by atoms with Gasteiger partial charge in [0.25, 0.3) is 5.56 Å². The lowest BCUT2D eigenvalue weighted by Crippen LogP contribution is -2.27. The second-order valence-electron chi connectivity index (χ2n) is 5.59. The summed E-state index contributed by atoms with van der Waals surface area (Å²) in [5.74, 6) is -0.283. The summed E-state index contributed by atoms with van der Waals surface area (Å²) in [6.45, 7) is 3.53. The van der Waals surface area contributed by atoms with Gasteiger partial charge in [-0.05, 0) is 26.0 Å². The van der Waals surface area contributed by atoms with Crippen molar-refractivity contribution in [1.82, 2.24) is 19.6 Å². The van der Waals surface area contributed by atoms with Gasteiger partial charge in [-0.2, -0.15) is 0 Å². The Labute approximate surface area is 158 Å². The van der Waals surface area contributed by atoms with Gasteiger partial charge in [0.15, 0.2) is 4.34 Å². The van der Waals surface area contributed by atoms with Crippen LogP contribution in [0.25, 0.3) is 5.69 Å². The van der Waals surface area contributed by atoms with Crippen LogP contribution in [0.15, 0.2) is 39.5 Å². The molecule has 2 heterocycles. The molecule has 0 bridgehead atoms. The molecule has 136 valence electrons. The van der Waals surface area contributed by atoms with Gasteiger partial charge in [-0.1, -0.05) is 41.3 Å². The number of nitrogens with two attached hydrogens (primary N) is 1. The zero-order chi connectivity index (χ0) is 18.8. The molecule has 10 heteroatoms. The summed E-state index contributed by atoms with van der Waals surface area (Å²) in [5.41, 5.74) is 6.95. The highest BCUT2D eigenvalue weighted by Gasteiger charge is 2.22. The summed E-state index contributed by atoms with van der Waals surface area (Å²) in [4.78, 5) is 25.3. The van der Waals surface area contributed by atoms with Crippen LogP contribution >= 0.6 is 23.1 Å². The number of nitrogen functional groups attached to an aromatic ring is 1. The number of hydrogen-bond acceptors (Lipinski definition) is 7. The zero-order valence-electron chi connectivity index (χ0n) is 14.5. The molecule has 0 saturated carbocycles. The van der Waals surface area contributed by atoms with Crippen molar-refractivity contribution < 1.29 is 4.79 Å². The van der Waals surface area contributed by atoms with Crippen molar-refractivity contribution in [2.45, 2.75) is 23.4 Å². The van der Waals surface area contributed by atoms with Crippen LogP contribution in [-0.2, 0) is 11.8 Å². The molecular formula is C16H18N6O2S2. The molecule has 3 rings (SSSR count). The minimum Gasteiger partial charge on any atom is -0.374 e. The normalized spacial score (nSPS) is 12.1. The van der Waals surface area contributed by atoms with Gasteiger partial charge in [0.2, 0.25) is 11.0 Å². The number of carbonyl (C=O) groups excluding carboxylic acids is 1. The van der Waals surface area contributed by atoms with Crippen molar-refractivity contribution in [3.63, 3.8) is 0 Å². The van der Waals surface area contributed by atoms with E-state index in [0.29, 0.717) is 15.2 Å². The van der Waals surface area contributed by atoms with E-state index in [9.17, 15) is 9.59 Å². The average molecular weight is 390 g/mol. The van der Waals surface area contributed by atoms with Gasteiger partial charge in [-0.3, -0.25) is 14.3 Å². The molecule has 1 aromatic carbocycles. The number of para-hydroxylation sites is 1. The maximum atomic E-state index is 12.8. The summed E-state index contributed by atoms with van der Waals surface area (Å²) in [5, 5.41) is 10.3. The number of hydrogen-bond donors (Lipinski definition) is 2. The van der Waals surface area contributed by atoms with E-state index >= 15 is 0 Å². The lowest BCUT2D eigenvalue weighted by atomic mass is 10.3. The SMILES string of the molecule is Cc1c(NC(=O)[C@H](C)Sc2nnc(N)s2)c(=O)n(-c2ccccc2)n1C. The predicted octanol–water partition coefficient (Wildman–Crippen LogP) is 2.04. The first-order chi connectivity index (χ1) is 12.4. The number of nitrogens with one attached hydrogen (secondary N) is 1. The molecule has 3 aromatic rings. The Hall–Kier alpha value is -2.59. The maximum Gasteiger partial charge on any atom is 0.295 e. The summed E-state index contributed by atoms with van der Waals surface area (Å²) < 4.78 is 3.85. The number of thioether (sulfide) groups is 1. The molecule has 2 aromatic heterocycles. The Morgan fingerprint density at radius 3 is 2.62 bits per heavy atom. The Balaban J connectivity index is 1.84. The molecule has 8 nitrogen and oxygen atoms in total. The molecule has 0 spiro atoms. The highest BCUT2D eigenvalue weighted by atomic mass is 32.2. The molecule has 0 radical (unpaired) electrons. The monoisotopic (exact) mass is 390 g/mol. The van der Waals surface area contributed by atoms with E-state index < -0.39 is 5.25 Å². The molecular weight excluding hydrogens is 372 g/mol. The maximum absolute atomic E-state index is 12.8. The van der Waals surface area contributed by atoms with E-state index in [-0.39, 0.29) is 17.2 Å². The standard InChI is InChI=1S/C16H18N6O2S2/c1-9-12(14(24)22(21(9)3)11-7-5-4-6-8-11)18-13(23)10(2)25-16-20-19-15(17)26-16/h4-8,10H,1-3H3,(H2,17,19)(H,18,23)/t10-/m0/s1. The average Bonchev–Trinajstić information content (AvgIpc) is 3.12. The van der Waals surface area contributed by atoms with Gasteiger partial charge in [-0.25, -0.2) is 4.68 Å². The summed E-state index contributed by atoms with van der Waals surface area (Å²) in [6, 6.07) is 9.27. The van der Waals surface area contributed by atoms with E-state index in [1.165, 1.54) is 27.8 Å². The number of carbonyl (C=O) groups is 1.